The van der Waals surface area contributed by atoms with Crippen LogP contribution in [0, 0.1) is 0 Å². The van der Waals surface area contributed by atoms with Crippen molar-refractivity contribution in [2.75, 3.05) is 0 Å². The van der Waals surface area contributed by atoms with Crippen LogP contribution in [-0.2, 0) is 13.5 Å². The van der Waals surface area contributed by atoms with Crippen LogP contribution in [0.15, 0.2) is 28.7 Å². The Bertz CT molecular complexity index is 491. The van der Waals surface area contributed by atoms with E-state index in [0.717, 1.165) is 34.5 Å². The molecule has 1 aromatic heterocycles. The predicted octanol–water partition coefficient (Wildman–Crippen LogP) is 3.20. The number of aromatic nitrogens is 3. The normalized spacial score (nSPS) is 10.7. The highest BCUT2D eigenvalue weighted by atomic mass is 79.9. The molecule has 84 valence electrons. The Morgan fingerprint density at radius 3 is 2.75 bits per heavy atom. The zero-order chi connectivity index (χ0) is 11.5. The highest BCUT2D eigenvalue weighted by Gasteiger charge is 2.10. The van der Waals surface area contributed by atoms with Crippen molar-refractivity contribution in [3.05, 3.63) is 34.6 Å². The zero-order valence-corrected chi connectivity index (χ0v) is 11.0. The molecule has 1 heterocycles. The van der Waals surface area contributed by atoms with Crippen LogP contribution < -0.4 is 0 Å². The molecule has 2 rings (SSSR count). The molecule has 1 aromatic carbocycles. The van der Waals surface area contributed by atoms with Crippen molar-refractivity contribution in [2.24, 2.45) is 7.05 Å². The van der Waals surface area contributed by atoms with E-state index in [-0.39, 0.29) is 0 Å². The third-order valence-electron chi connectivity index (χ3n) is 2.40. The van der Waals surface area contributed by atoms with Gasteiger partial charge in [0, 0.05) is 23.5 Å². The Hall–Kier alpha value is -1.16. The summed E-state index contributed by atoms with van der Waals surface area (Å²) in [5.74, 6) is 1.83. The van der Waals surface area contributed by atoms with E-state index in [2.05, 4.69) is 32.9 Å². The van der Waals surface area contributed by atoms with Crippen molar-refractivity contribution < 1.29 is 0 Å². The van der Waals surface area contributed by atoms with Gasteiger partial charge in [0.25, 0.3) is 0 Å². The average Bonchev–Trinajstić information content (AvgIpc) is 2.61. The van der Waals surface area contributed by atoms with Crippen molar-refractivity contribution in [1.29, 1.82) is 0 Å². The molecule has 0 radical (unpaired) electrons. The Balaban J connectivity index is 2.44. The molecule has 0 aliphatic rings. The highest BCUT2D eigenvalue weighted by Crippen LogP contribution is 2.26. The first-order chi connectivity index (χ1) is 7.72. The lowest BCUT2D eigenvalue weighted by atomic mass is 10.2. The van der Waals surface area contributed by atoms with Gasteiger partial charge in [-0.1, -0.05) is 41.1 Å². The standard InChI is InChI=1S/C12H14BrN3/c1-3-6-11-14-12(16(2)15-11)9-7-4-5-8-10(9)13/h4-5,7-8H,3,6H2,1-2H3. The molecule has 0 N–H and O–H groups in total. The fourth-order valence-electron chi connectivity index (χ4n) is 1.64. The molecule has 3 nitrogen and oxygen atoms in total. The van der Waals surface area contributed by atoms with E-state index in [0.29, 0.717) is 0 Å². The summed E-state index contributed by atoms with van der Waals surface area (Å²) in [4.78, 5) is 4.55. The Morgan fingerprint density at radius 1 is 1.31 bits per heavy atom. The molecule has 0 saturated heterocycles. The minimum atomic E-state index is 0.913. The topological polar surface area (TPSA) is 30.7 Å². The summed E-state index contributed by atoms with van der Waals surface area (Å²) in [5.41, 5.74) is 1.08. The van der Waals surface area contributed by atoms with Crippen LogP contribution in [0.5, 0.6) is 0 Å². The monoisotopic (exact) mass is 279 g/mol. The lowest BCUT2D eigenvalue weighted by Gasteiger charge is -2.01. The van der Waals surface area contributed by atoms with Crippen molar-refractivity contribution in [3.63, 3.8) is 0 Å². The number of halogens is 1. The third kappa shape index (κ3) is 2.16. The van der Waals surface area contributed by atoms with Gasteiger partial charge in [0.15, 0.2) is 11.6 Å². The minimum absolute atomic E-state index is 0.913. The molecule has 0 amide bonds. The van der Waals surface area contributed by atoms with Crippen molar-refractivity contribution in [3.8, 4) is 11.4 Å². The van der Waals surface area contributed by atoms with E-state index >= 15 is 0 Å². The van der Waals surface area contributed by atoms with E-state index in [1.165, 1.54) is 0 Å². The van der Waals surface area contributed by atoms with Crippen LogP contribution in [0.2, 0.25) is 0 Å². The SMILES string of the molecule is CCCc1nc(-c2ccccc2Br)n(C)n1. The van der Waals surface area contributed by atoms with E-state index in [1.807, 2.05) is 36.0 Å². The molecule has 16 heavy (non-hydrogen) atoms. The number of benzene rings is 1. The number of rotatable bonds is 3. The third-order valence-corrected chi connectivity index (χ3v) is 3.09. The van der Waals surface area contributed by atoms with Crippen LogP contribution in [0.25, 0.3) is 11.4 Å². The van der Waals surface area contributed by atoms with Gasteiger partial charge < -0.3 is 0 Å². The van der Waals surface area contributed by atoms with Crippen LogP contribution >= 0.6 is 15.9 Å². The quantitative estimate of drug-likeness (QED) is 0.864. The molecule has 0 atom stereocenters. The molecule has 0 aliphatic carbocycles. The van der Waals surface area contributed by atoms with E-state index in [1.54, 1.807) is 0 Å². The molecule has 0 spiro atoms. The van der Waals surface area contributed by atoms with Crippen molar-refractivity contribution >= 4 is 15.9 Å². The lowest BCUT2D eigenvalue weighted by molar-refractivity contribution is 0.737. The van der Waals surface area contributed by atoms with E-state index in [4.69, 9.17) is 0 Å². The smallest absolute Gasteiger partial charge is 0.159 e. The molecular weight excluding hydrogens is 266 g/mol. The van der Waals surface area contributed by atoms with Gasteiger partial charge in [-0.3, -0.25) is 0 Å². The van der Waals surface area contributed by atoms with E-state index in [9.17, 15) is 0 Å². The first-order valence-electron chi connectivity index (χ1n) is 5.37. The zero-order valence-electron chi connectivity index (χ0n) is 9.44. The van der Waals surface area contributed by atoms with Gasteiger partial charge in [-0.25, -0.2) is 9.67 Å². The summed E-state index contributed by atoms with van der Waals surface area (Å²) in [7, 11) is 1.93. The van der Waals surface area contributed by atoms with Gasteiger partial charge in [-0.15, -0.1) is 0 Å². The second-order valence-corrected chi connectivity index (χ2v) is 4.56. The van der Waals surface area contributed by atoms with Gasteiger partial charge in [0.1, 0.15) is 0 Å². The van der Waals surface area contributed by atoms with Crippen molar-refractivity contribution in [2.45, 2.75) is 19.8 Å². The van der Waals surface area contributed by atoms with Crippen LogP contribution in [-0.4, -0.2) is 14.8 Å². The Morgan fingerprint density at radius 2 is 2.06 bits per heavy atom. The fraction of sp³-hybridized carbons (Fsp3) is 0.333. The predicted molar refractivity (Wildman–Crippen MR) is 68.1 cm³/mol. The summed E-state index contributed by atoms with van der Waals surface area (Å²) in [6.07, 6.45) is 2.00. The molecule has 0 bridgehead atoms. The van der Waals surface area contributed by atoms with Gasteiger partial charge in [0.2, 0.25) is 0 Å². The minimum Gasteiger partial charge on any atom is -0.249 e. The molecule has 0 saturated carbocycles. The molecule has 0 unspecified atom stereocenters. The largest absolute Gasteiger partial charge is 0.249 e. The van der Waals surface area contributed by atoms with Gasteiger partial charge in [-0.2, -0.15) is 5.10 Å². The van der Waals surface area contributed by atoms with Gasteiger partial charge in [0.05, 0.1) is 0 Å². The van der Waals surface area contributed by atoms with Crippen LogP contribution in [0.4, 0.5) is 0 Å². The fourth-order valence-corrected chi connectivity index (χ4v) is 2.11. The lowest BCUT2D eigenvalue weighted by Crippen LogP contribution is -1.95. The second-order valence-electron chi connectivity index (χ2n) is 3.71. The molecule has 4 heteroatoms. The van der Waals surface area contributed by atoms with Crippen LogP contribution in [0.3, 0.4) is 0 Å². The maximum atomic E-state index is 4.55. The molecule has 2 aromatic rings. The second kappa shape index (κ2) is 4.78. The Labute approximate surface area is 104 Å². The summed E-state index contributed by atoms with van der Waals surface area (Å²) in [6, 6.07) is 8.07. The number of nitrogens with zero attached hydrogens (tertiary/aromatic N) is 3. The summed E-state index contributed by atoms with van der Waals surface area (Å²) < 4.78 is 2.89. The summed E-state index contributed by atoms with van der Waals surface area (Å²) in [6.45, 7) is 2.13. The number of hydrogen-bond donors (Lipinski definition) is 0. The first kappa shape index (κ1) is 11.3. The van der Waals surface area contributed by atoms with E-state index < -0.39 is 0 Å². The molecular formula is C12H14BrN3. The Kier molecular flexibility index (Phi) is 3.39. The number of aryl methyl sites for hydroxylation is 2. The molecule has 0 fully saturated rings. The number of hydrogen-bond acceptors (Lipinski definition) is 2. The highest BCUT2D eigenvalue weighted by molar-refractivity contribution is 9.10. The van der Waals surface area contributed by atoms with Gasteiger partial charge >= 0.3 is 0 Å². The average molecular weight is 280 g/mol. The first-order valence-corrected chi connectivity index (χ1v) is 6.16. The van der Waals surface area contributed by atoms with Gasteiger partial charge in [-0.05, 0) is 12.5 Å². The summed E-state index contributed by atoms with van der Waals surface area (Å²) in [5, 5.41) is 4.40. The maximum Gasteiger partial charge on any atom is 0.159 e. The summed E-state index contributed by atoms with van der Waals surface area (Å²) >= 11 is 3.53. The molecule has 0 aliphatic heterocycles. The maximum absolute atomic E-state index is 4.55. The van der Waals surface area contributed by atoms with Crippen molar-refractivity contribution in [1.82, 2.24) is 14.8 Å². The van der Waals surface area contributed by atoms with Crippen LogP contribution in [0.1, 0.15) is 19.2 Å².